The van der Waals surface area contributed by atoms with E-state index < -0.39 is 0 Å². The molecule has 9 aromatic carbocycles. The minimum absolute atomic E-state index is 0.154. The number of benzene rings is 9. The molecule has 2 amide bonds. The van der Waals surface area contributed by atoms with Crippen LogP contribution in [0.3, 0.4) is 0 Å². The van der Waals surface area contributed by atoms with Crippen LogP contribution in [0.1, 0.15) is 0 Å². The van der Waals surface area contributed by atoms with Crippen molar-refractivity contribution in [3.05, 3.63) is 260 Å². The fourth-order valence-corrected chi connectivity index (χ4v) is 10.2. The molecule has 0 saturated carbocycles. The van der Waals surface area contributed by atoms with E-state index in [0.717, 1.165) is 84.1 Å². The van der Waals surface area contributed by atoms with Crippen LogP contribution >= 0.6 is 0 Å². The van der Waals surface area contributed by atoms with Crippen LogP contribution in [0.25, 0.3) is 44.5 Å². The number of urea groups is 1. The van der Waals surface area contributed by atoms with Gasteiger partial charge in [0.25, 0.3) is 0 Å². The van der Waals surface area contributed by atoms with E-state index in [0.29, 0.717) is 0 Å². The lowest BCUT2D eigenvalue weighted by Crippen LogP contribution is -2.65. The highest BCUT2D eigenvalue weighted by atomic mass is 16.2. The molecule has 3 heterocycles. The number of para-hydroxylation sites is 2. The topological polar surface area (TPSA) is 26.8 Å². The third kappa shape index (κ3) is 6.45. The first kappa shape index (κ1) is 38.3. The molecule has 0 bridgehead atoms. The van der Waals surface area contributed by atoms with Crippen molar-refractivity contribution in [1.82, 2.24) is 0 Å². The molecule has 3 aliphatic heterocycles. The third-order valence-corrected chi connectivity index (χ3v) is 13.1. The van der Waals surface area contributed by atoms with Crippen molar-refractivity contribution in [1.29, 1.82) is 0 Å². The second-order valence-corrected chi connectivity index (χ2v) is 16.8. The molecule has 65 heavy (non-hydrogen) atoms. The van der Waals surface area contributed by atoms with Gasteiger partial charge in [-0.05, 0) is 62.5 Å². The highest BCUT2D eigenvalue weighted by Crippen LogP contribution is 2.48. The van der Waals surface area contributed by atoms with Crippen molar-refractivity contribution in [2.45, 2.75) is 0 Å². The van der Waals surface area contributed by atoms with E-state index in [1.165, 1.54) is 10.9 Å². The average Bonchev–Trinajstić information content (AvgIpc) is 3.39. The van der Waals surface area contributed by atoms with E-state index in [2.05, 4.69) is 229 Å². The van der Waals surface area contributed by atoms with Crippen molar-refractivity contribution in [2.24, 2.45) is 0 Å². The van der Waals surface area contributed by atoms with Gasteiger partial charge in [0.15, 0.2) is 0 Å². The van der Waals surface area contributed by atoms with Gasteiger partial charge in [-0.15, -0.1) is 0 Å². The zero-order valence-corrected chi connectivity index (χ0v) is 35.6. The second kappa shape index (κ2) is 16.1. The Morgan fingerprint density at radius 2 is 0.615 bits per heavy atom. The van der Waals surface area contributed by atoms with Crippen LogP contribution in [0, 0.1) is 0 Å². The van der Waals surface area contributed by atoms with E-state index in [4.69, 9.17) is 0 Å². The molecule has 0 aromatic heterocycles. The number of anilines is 3. The maximum absolute atomic E-state index is 16.5. The van der Waals surface area contributed by atoms with Gasteiger partial charge < -0.3 is 0 Å². The SMILES string of the molecule is O=C1N(c2ccccc2-c2ccccc2)C2=CB(c3ccccc3)c3c(-c4ccccc4)cc(-c4ccccc4)c4c3N2C(=CB4c2ccccc2)N1c1ccccc1-c1ccccc1. The predicted octanol–water partition coefficient (Wildman–Crippen LogP) is 11.3. The molecule has 0 spiro atoms. The van der Waals surface area contributed by atoms with Crippen LogP contribution in [0.15, 0.2) is 260 Å². The summed E-state index contributed by atoms with van der Waals surface area (Å²) < 4.78 is 0. The first-order valence-electron chi connectivity index (χ1n) is 22.3. The molecule has 0 unspecified atom stereocenters. The number of nitrogens with zero attached hydrogens (tertiary/aromatic N) is 3. The smallest absolute Gasteiger partial charge is 0.284 e. The number of carbonyl (C=O) groups is 1. The van der Waals surface area contributed by atoms with Gasteiger partial charge in [-0.3, -0.25) is 4.90 Å². The number of rotatable bonds is 8. The molecule has 304 valence electrons. The van der Waals surface area contributed by atoms with Crippen molar-refractivity contribution < 1.29 is 4.79 Å². The minimum Gasteiger partial charge on any atom is -0.284 e. The summed E-state index contributed by atoms with van der Waals surface area (Å²) in [6.07, 6.45) is 0. The summed E-state index contributed by atoms with van der Waals surface area (Å²) >= 11 is 0. The van der Waals surface area contributed by atoms with Crippen LogP contribution in [0.2, 0.25) is 0 Å². The van der Waals surface area contributed by atoms with Crippen LogP contribution in [0.4, 0.5) is 21.9 Å². The van der Waals surface area contributed by atoms with Gasteiger partial charge >= 0.3 is 6.03 Å². The van der Waals surface area contributed by atoms with Gasteiger partial charge in [0.2, 0.25) is 13.4 Å². The fraction of sp³-hybridized carbons (Fsp3) is 0. The maximum atomic E-state index is 16.5. The van der Waals surface area contributed by atoms with Crippen LogP contribution in [-0.4, -0.2) is 19.5 Å². The Morgan fingerprint density at radius 3 is 0.985 bits per heavy atom. The molecule has 0 aliphatic carbocycles. The zero-order chi connectivity index (χ0) is 43.3. The number of carbonyl (C=O) groups excluding carboxylic acids is 1. The van der Waals surface area contributed by atoms with Gasteiger partial charge in [-0.2, -0.15) is 0 Å². The van der Waals surface area contributed by atoms with Gasteiger partial charge in [0, 0.05) is 16.8 Å². The van der Waals surface area contributed by atoms with Crippen molar-refractivity contribution in [3.63, 3.8) is 0 Å². The number of hydrogen-bond acceptors (Lipinski definition) is 2. The summed E-state index contributed by atoms with van der Waals surface area (Å²) in [5, 5.41) is 0. The summed E-state index contributed by atoms with van der Waals surface area (Å²) in [5.41, 5.74) is 16.0. The maximum Gasteiger partial charge on any atom is 0.340 e. The second-order valence-electron chi connectivity index (χ2n) is 16.8. The lowest BCUT2D eigenvalue weighted by atomic mass is 9.33. The van der Waals surface area contributed by atoms with Crippen molar-refractivity contribution in [3.8, 4) is 44.5 Å². The Kier molecular flexibility index (Phi) is 9.49. The van der Waals surface area contributed by atoms with E-state index in [1.807, 2.05) is 34.1 Å². The molecule has 4 nitrogen and oxygen atoms in total. The number of amides is 2. The normalized spacial score (nSPS) is 13.9. The average molecular weight is 830 g/mol. The Balaban J connectivity index is 1.25. The Labute approximate surface area is 380 Å². The fourth-order valence-electron chi connectivity index (χ4n) is 10.2. The molecule has 12 rings (SSSR count). The first-order chi connectivity index (χ1) is 32.2. The summed E-state index contributed by atoms with van der Waals surface area (Å²) in [7, 11) is 0. The third-order valence-electron chi connectivity index (χ3n) is 13.1. The minimum atomic E-state index is -0.214. The van der Waals surface area contributed by atoms with Gasteiger partial charge in [-0.1, -0.05) is 241 Å². The number of hydrogen-bond donors (Lipinski definition) is 0. The van der Waals surface area contributed by atoms with E-state index in [9.17, 15) is 0 Å². The molecule has 3 aliphatic rings. The molecule has 0 N–H and O–H groups in total. The Morgan fingerprint density at radius 1 is 0.308 bits per heavy atom. The van der Waals surface area contributed by atoms with Gasteiger partial charge in [0.05, 0.1) is 11.4 Å². The standard InChI is InChI=1S/C59H41B2N3O/c65-59-62(52-37-21-19-35-48(52)42-23-7-1-8-24-42)54-40-60(46-31-15-5-16-32-46)56-50(44-27-11-3-12-28-44)39-51(45-29-13-4-14-30-45)57-58(56)64(54)55(41-61(57)47-33-17-6-18-34-47)63(59)53-38-22-20-36-49(53)43-25-9-2-10-26-43/h1-41H. The van der Waals surface area contributed by atoms with Crippen molar-refractivity contribution in [2.75, 3.05) is 14.7 Å². The Bertz CT molecular complexity index is 3070. The molecule has 0 radical (unpaired) electrons. The molecule has 1 fully saturated rings. The molecule has 6 heteroatoms. The van der Waals surface area contributed by atoms with Crippen LogP contribution < -0.4 is 36.6 Å². The molecule has 0 atom stereocenters. The summed E-state index contributed by atoms with van der Waals surface area (Å²) in [6, 6.07) is 83.0. The largest absolute Gasteiger partial charge is 0.340 e. The lowest BCUT2D eigenvalue weighted by molar-refractivity contribution is 0.252. The van der Waals surface area contributed by atoms with E-state index >= 15 is 4.79 Å². The quantitative estimate of drug-likeness (QED) is 0.143. The summed E-state index contributed by atoms with van der Waals surface area (Å²) in [4.78, 5) is 22.8. The van der Waals surface area contributed by atoms with Crippen LogP contribution in [-0.2, 0) is 0 Å². The van der Waals surface area contributed by atoms with E-state index in [-0.39, 0.29) is 19.5 Å². The van der Waals surface area contributed by atoms with Gasteiger partial charge in [0.1, 0.15) is 11.6 Å². The van der Waals surface area contributed by atoms with Crippen molar-refractivity contribution >= 4 is 58.4 Å². The monoisotopic (exact) mass is 829 g/mol. The highest BCUT2D eigenvalue weighted by Gasteiger charge is 2.51. The van der Waals surface area contributed by atoms with Gasteiger partial charge in [-0.25, -0.2) is 14.6 Å². The molecular weight excluding hydrogens is 788 g/mol. The molecule has 9 aromatic rings. The Hall–Kier alpha value is -8.34. The molecular formula is C59H41B2N3O. The lowest BCUT2D eigenvalue weighted by Gasteiger charge is -2.52. The predicted molar refractivity (Wildman–Crippen MR) is 273 cm³/mol. The highest BCUT2D eigenvalue weighted by molar-refractivity contribution is 6.96. The first-order valence-corrected chi connectivity index (χ1v) is 22.3. The summed E-state index contributed by atoms with van der Waals surface area (Å²) in [5.74, 6) is 6.28. The zero-order valence-electron chi connectivity index (χ0n) is 35.6. The van der Waals surface area contributed by atoms with Crippen LogP contribution in [0.5, 0.6) is 0 Å². The molecule has 1 saturated heterocycles. The summed E-state index contributed by atoms with van der Waals surface area (Å²) in [6.45, 7) is -0.427. The van der Waals surface area contributed by atoms with E-state index in [1.54, 1.807) is 0 Å².